The van der Waals surface area contributed by atoms with Gasteiger partial charge in [-0.1, -0.05) is 70.2 Å². The van der Waals surface area contributed by atoms with E-state index in [1.165, 1.54) is 57.4 Å². The summed E-state index contributed by atoms with van der Waals surface area (Å²) in [5.41, 5.74) is 1.62. The van der Waals surface area contributed by atoms with E-state index < -0.39 is 9.04 Å². The second kappa shape index (κ2) is 9.42. The minimum atomic E-state index is -1.14. The Labute approximate surface area is 132 Å². The van der Waals surface area contributed by atoms with E-state index in [4.69, 9.17) is 4.43 Å². The van der Waals surface area contributed by atoms with Crippen molar-refractivity contribution in [3.05, 3.63) is 29.8 Å². The Bertz CT molecular complexity index is 398. The molecule has 2 unspecified atom stereocenters. The van der Waals surface area contributed by atoms with Gasteiger partial charge in [0, 0.05) is 6.61 Å². The zero-order valence-electron chi connectivity index (χ0n) is 13.9. The third kappa shape index (κ3) is 4.96. The first-order chi connectivity index (χ1) is 10.4. The highest BCUT2D eigenvalue weighted by molar-refractivity contribution is 6.68. The highest BCUT2D eigenvalue weighted by Crippen LogP contribution is 2.26. The first-order valence-electron chi connectivity index (χ1n) is 9.07. The molecule has 0 N–H and O–H groups in total. The smallest absolute Gasteiger partial charge is 0.208 e. The normalized spacial score (nSPS) is 20.4. The summed E-state index contributed by atoms with van der Waals surface area (Å²) in [6.07, 6.45) is 10.8. The van der Waals surface area contributed by atoms with E-state index in [2.05, 4.69) is 38.1 Å². The molecule has 2 atom stereocenters. The van der Waals surface area contributed by atoms with Gasteiger partial charge in [0.05, 0.1) is 0 Å². The molecule has 118 valence electrons. The molecule has 2 rings (SSSR count). The molecule has 1 aliphatic heterocycles. The third-order valence-corrected chi connectivity index (χ3v) is 7.65. The van der Waals surface area contributed by atoms with Crippen molar-refractivity contribution in [2.75, 3.05) is 6.61 Å². The van der Waals surface area contributed by atoms with E-state index in [-0.39, 0.29) is 0 Å². The Morgan fingerprint density at radius 2 is 1.95 bits per heavy atom. The van der Waals surface area contributed by atoms with Gasteiger partial charge in [-0.3, -0.25) is 0 Å². The predicted octanol–water partition coefficient (Wildman–Crippen LogP) is 4.89. The van der Waals surface area contributed by atoms with E-state index in [9.17, 15) is 0 Å². The fourth-order valence-electron chi connectivity index (χ4n) is 3.56. The summed E-state index contributed by atoms with van der Waals surface area (Å²) in [5, 5.41) is 1.61. The number of hydrogen-bond acceptors (Lipinski definition) is 1. The molecular formula is C19H32OSi. The SMILES string of the molecule is CCCCCCC(CC)c1ccccc1[SiH]1CCCCO1. The number of benzene rings is 1. The first-order valence-corrected chi connectivity index (χ1v) is 10.9. The number of hydrogen-bond donors (Lipinski definition) is 0. The van der Waals surface area contributed by atoms with Crippen LogP contribution in [0.25, 0.3) is 0 Å². The molecule has 2 heteroatoms. The standard InChI is InChI=1S/C19H32OSi/c1-3-5-6-7-12-17(4-2)18-13-8-9-14-19(18)21-16-11-10-15-20-21/h8-9,13-14,17,21H,3-7,10-12,15-16H2,1-2H3. The van der Waals surface area contributed by atoms with Crippen LogP contribution in [0.3, 0.4) is 0 Å². The maximum absolute atomic E-state index is 6.18. The molecule has 0 bridgehead atoms. The van der Waals surface area contributed by atoms with Crippen LogP contribution >= 0.6 is 0 Å². The second-order valence-electron chi connectivity index (χ2n) is 6.44. The van der Waals surface area contributed by atoms with Crippen LogP contribution in [0.1, 0.15) is 76.7 Å². The number of rotatable bonds is 8. The Morgan fingerprint density at radius 1 is 1.10 bits per heavy atom. The Hall–Kier alpha value is -0.603. The molecule has 0 spiro atoms. The van der Waals surface area contributed by atoms with Gasteiger partial charge in [-0.05, 0) is 42.0 Å². The lowest BCUT2D eigenvalue weighted by Crippen LogP contribution is -2.39. The van der Waals surface area contributed by atoms with Crippen LogP contribution in [0.5, 0.6) is 0 Å². The minimum absolute atomic E-state index is 0.746. The van der Waals surface area contributed by atoms with Crippen LogP contribution in [0, 0.1) is 0 Å². The average molecular weight is 305 g/mol. The first kappa shape index (κ1) is 16.8. The van der Waals surface area contributed by atoms with Crippen molar-refractivity contribution < 1.29 is 4.43 Å². The molecule has 0 aromatic heterocycles. The van der Waals surface area contributed by atoms with Crippen LogP contribution in [0.2, 0.25) is 6.04 Å². The summed E-state index contributed by atoms with van der Waals surface area (Å²) in [7, 11) is -1.14. The minimum Gasteiger partial charge on any atom is -0.415 e. The molecule has 1 aliphatic rings. The molecule has 1 aromatic rings. The van der Waals surface area contributed by atoms with E-state index in [0.717, 1.165) is 12.5 Å². The van der Waals surface area contributed by atoms with E-state index in [1.807, 2.05) is 0 Å². The zero-order valence-corrected chi connectivity index (χ0v) is 15.1. The van der Waals surface area contributed by atoms with Crippen molar-refractivity contribution in [3.8, 4) is 0 Å². The van der Waals surface area contributed by atoms with Crippen molar-refractivity contribution in [1.82, 2.24) is 0 Å². The summed E-state index contributed by atoms with van der Waals surface area (Å²) in [6, 6.07) is 10.5. The fraction of sp³-hybridized carbons (Fsp3) is 0.684. The molecule has 0 aliphatic carbocycles. The number of unbranched alkanes of at least 4 members (excludes halogenated alkanes) is 3. The van der Waals surface area contributed by atoms with Gasteiger partial charge in [0.2, 0.25) is 9.04 Å². The van der Waals surface area contributed by atoms with Gasteiger partial charge in [-0.2, -0.15) is 0 Å². The third-order valence-electron chi connectivity index (χ3n) is 4.86. The molecule has 1 nitrogen and oxygen atoms in total. The summed E-state index contributed by atoms with van der Waals surface area (Å²) in [4.78, 5) is 0. The summed E-state index contributed by atoms with van der Waals surface area (Å²) in [6.45, 7) is 5.64. The van der Waals surface area contributed by atoms with Crippen molar-refractivity contribution in [3.63, 3.8) is 0 Å². The quantitative estimate of drug-likeness (QED) is 0.491. The molecule has 21 heavy (non-hydrogen) atoms. The van der Waals surface area contributed by atoms with E-state index in [1.54, 1.807) is 10.8 Å². The van der Waals surface area contributed by atoms with Gasteiger partial charge in [-0.25, -0.2) is 0 Å². The highest BCUT2D eigenvalue weighted by Gasteiger charge is 2.23. The summed E-state index contributed by atoms with van der Waals surface area (Å²) in [5.74, 6) is 0.746. The molecular weight excluding hydrogens is 272 g/mol. The molecule has 1 aromatic carbocycles. The molecule has 1 heterocycles. The Kier molecular flexibility index (Phi) is 7.52. The highest BCUT2D eigenvalue weighted by atomic mass is 28.3. The Morgan fingerprint density at radius 3 is 2.67 bits per heavy atom. The zero-order chi connectivity index (χ0) is 14.9. The fourth-order valence-corrected chi connectivity index (χ4v) is 6.36. The Balaban J connectivity index is 2.05. The van der Waals surface area contributed by atoms with Crippen LogP contribution in [-0.2, 0) is 4.43 Å². The lowest BCUT2D eigenvalue weighted by molar-refractivity contribution is 0.294. The van der Waals surface area contributed by atoms with Gasteiger partial charge in [0.1, 0.15) is 0 Å². The molecule has 1 saturated heterocycles. The van der Waals surface area contributed by atoms with Gasteiger partial charge in [0.15, 0.2) is 0 Å². The predicted molar refractivity (Wildman–Crippen MR) is 95.0 cm³/mol. The topological polar surface area (TPSA) is 9.23 Å². The van der Waals surface area contributed by atoms with Gasteiger partial charge < -0.3 is 4.43 Å². The van der Waals surface area contributed by atoms with Crippen LogP contribution in [0.15, 0.2) is 24.3 Å². The second-order valence-corrected chi connectivity index (χ2v) is 8.95. The molecule has 1 fully saturated rings. The average Bonchev–Trinajstić information content (AvgIpc) is 2.56. The van der Waals surface area contributed by atoms with Gasteiger partial charge in [0.25, 0.3) is 0 Å². The molecule has 0 amide bonds. The van der Waals surface area contributed by atoms with Crippen molar-refractivity contribution in [2.24, 2.45) is 0 Å². The summed E-state index contributed by atoms with van der Waals surface area (Å²) >= 11 is 0. The van der Waals surface area contributed by atoms with Crippen molar-refractivity contribution >= 4 is 14.2 Å². The lowest BCUT2D eigenvalue weighted by Gasteiger charge is -2.26. The van der Waals surface area contributed by atoms with E-state index in [0.29, 0.717) is 0 Å². The van der Waals surface area contributed by atoms with Crippen LogP contribution in [-0.4, -0.2) is 15.6 Å². The van der Waals surface area contributed by atoms with Gasteiger partial charge in [-0.15, -0.1) is 0 Å². The van der Waals surface area contributed by atoms with Gasteiger partial charge >= 0.3 is 0 Å². The maximum atomic E-state index is 6.18. The van der Waals surface area contributed by atoms with Crippen molar-refractivity contribution in [2.45, 2.75) is 77.2 Å². The van der Waals surface area contributed by atoms with Crippen molar-refractivity contribution in [1.29, 1.82) is 0 Å². The lowest BCUT2D eigenvalue weighted by atomic mass is 9.91. The molecule has 0 saturated carbocycles. The van der Waals surface area contributed by atoms with Crippen LogP contribution < -0.4 is 5.19 Å². The summed E-state index contributed by atoms with van der Waals surface area (Å²) < 4.78 is 6.18. The van der Waals surface area contributed by atoms with E-state index >= 15 is 0 Å². The largest absolute Gasteiger partial charge is 0.415 e. The maximum Gasteiger partial charge on any atom is 0.208 e. The van der Waals surface area contributed by atoms with Crippen LogP contribution in [0.4, 0.5) is 0 Å². The monoisotopic (exact) mass is 304 g/mol. The molecule has 0 radical (unpaired) electrons.